The molecule has 58 heavy (non-hydrogen) atoms. The normalized spacial score (nSPS) is 14.6. The summed E-state index contributed by atoms with van der Waals surface area (Å²) in [6, 6.07) is 39.4. The van der Waals surface area contributed by atoms with E-state index in [0.29, 0.717) is 0 Å². The maximum absolute atomic E-state index is 5.57. The molecule has 4 aromatic carbocycles. The fourth-order valence-electron chi connectivity index (χ4n) is 8.02. The number of fused-ring (bicyclic) bond motifs is 6. The van der Waals surface area contributed by atoms with Gasteiger partial charge in [0.15, 0.2) is 0 Å². The lowest BCUT2D eigenvalue weighted by Gasteiger charge is -2.13. The first-order valence-electron chi connectivity index (χ1n) is 19.1. The highest BCUT2D eigenvalue weighted by Crippen LogP contribution is 2.38. The van der Waals surface area contributed by atoms with Crippen molar-refractivity contribution < 1.29 is 18.9 Å². The van der Waals surface area contributed by atoms with Crippen LogP contribution in [0.25, 0.3) is 22.3 Å². The molecule has 9 rings (SSSR count). The van der Waals surface area contributed by atoms with Crippen molar-refractivity contribution in [3.8, 4) is 23.0 Å². The van der Waals surface area contributed by atoms with E-state index < -0.39 is 0 Å². The van der Waals surface area contributed by atoms with Gasteiger partial charge in [0.2, 0.25) is 0 Å². The Hall–Kier alpha value is -7.32. The number of hydrogen-bond donors (Lipinski definition) is 0. The number of aliphatic imine (C=N–C) groups is 2. The molecule has 0 unspecified atom stereocenters. The topological polar surface area (TPSA) is 71.5 Å². The lowest BCUT2D eigenvalue weighted by molar-refractivity contribution is 0.414. The number of hydrogen-bond acceptors (Lipinski definition) is 6. The SMILES string of the molecule is COc1ccc(C2=C3C=CC(=N3)C(c3ccc(OC)cc3)=c3ccc(n3C)=C(c3ccc(OC)cc3)C3=NC(=C(c4ccc(OC)cc4)c4cc2cn4C)C=C3)cc1. The van der Waals surface area contributed by atoms with E-state index >= 15 is 0 Å². The Bertz CT molecular complexity index is 2900. The van der Waals surface area contributed by atoms with Crippen molar-refractivity contribution in [2.75, 3.05) is 28.4 Å². The van der Waals surface area contributed by atoms with Crippen LogP contribution in [-0.4, -0.2) is 49.0 Å². The Morgan fingerprint density at radius 2 is 0.759 bits per heavy atom. The number of benzene rings is 4. The molecule has 0 aliphatic carbocycles. The molecule has 6 aromatic rings. The van der Waals surface area contributed by atoms with Gasteiger partial charge in [-0.05, 0) is 113 Å². The first-order valence-corrected chi connectivity index (χ1v) is 19.1. The van der Waals surface area contributed by atoms with Gasteiger partial charge in [0, 0.05) is 48.1 Å². The molecule has 0 atom stereocenters. The molecule has 0 saturated carbocycles. The lowest BCUT2D eigenvalue weighted by atomic mass is 9.95. The van der Waals surface area contributed by atoms with Crippen LogP contribution in [0.1, 0.15) is 33.5 Å². The summed E-state index contributed by atoms with van der Waals surface area (Å²) in [6.07, 6.45) is 10.7. The molecule has 5 heterocycles. The van der Waals surface area contributed by atoms with Crippen molar-refractivity contribution in [1.29, 1.82) is 0 Å². The molecule has 286 valence electrons. The molecule has 0 fully saturated rings. The number of ether oxygens (including phenoxy) is 4. The zero-order chi connectivity index (χ0) is 39.9. The summed E-state index contributed by atoms with van der Waals surface area (Å²) in [7, 11) is 10.9. The molecule has 8 heteroatoms. The van der Waals surface area contributed by atoms with Crippen molar-refractivity contribution in [2.45, 2.75) is 0 Å². The van der Waals surface area contributed by atoms with Gasteiger partial charge in [-0.3, -0.25) is 0 Å². The highest BCUT2D eigenvalue weighted by atomic mass is 16.5. The van der Waals surface area contributed by atoms with Crippen LogP contribution in [0.2, 0.25) is 0 Å². The first kappa shape index (κ1) is 36.3. The molecule has 2 aromatic heterocycles. The number of aromatic nitrogens is 2. The molecular formula is C50H42N4O4. The average Bonchev–Trinajstić information content (AvgIpc) is 4.09. The van der Waals surface area contributed by atoms with Crippen LogP contribution >= 0.6 is 0 Å². The summed E-state index contributed by atoms with van der Waals surface area (Å²) in [5, 5.41) is 2.01. The minimum Gasteiger partial charge on any atom is -0.497 e. The maximum Gasteiger partial charge on any atom is 0.118 e. The quantitative estimate of drug-likeness (QED) is 0.158. The maximum atomic E-state index is 5.57. The first-order chi connectivity index (χ1) is 28.4. The third-order valence-corrected chi connectivity index (χ3v) is 11.0. The molecule has 0 radical (unpaired) electrons. The Kier molecular flexibility index (Phi) is 9.38. The second-order valence-corrected chi connectivity index (χ2v) is 14.2. The summed E-state index contributed by atoms with van der Waals surface area (Å²) in [6.45, 7) is 0. The predicted octanol–water partition coefficient (Wildman–Crippen LogP) is 8.05. The standard InChI is InChI=1S/C50H42N4O4/c1-53-30-35-29-46(53)50(34-13-21-39(58-6)22-14-34)43-26-25-42(52-43)49(33-11-19-38(57-5)20-12-33)45-28-27-44(54(45)2)48(32-9-17-37(56-4)18-10-32)41-24-23-40(51-41)47(35)31-7-15-36(55-3)16-8-31/h7-30H,1-6H3. The summed E-state index contributed by atoms with van der Waals surface area (Å²) in [5.74, 6) is 3.15. The Morgan fingerprint density at radius 3 is 1.16 bits per heavy atom. The van der Waals surface area contributed by atoms with Crippen LogP contribution in [-0.2, 0) is 14.1 Å². The second kappa shape index (κ2) is 15.0. The van der Waals surface area contributed by atoms with E-state index in [9.17, 15) is 0 Å². The van der Waals surface area contributed by atoms with E-state index in [0.717, 1.165) is 112 Å². The zero-order valence-electron chi connectivity index (χ0n) is 33.3. The fraction of sp³-hybridized carbons (Fsp3) is 0.120. The second-order valence-electron chi connectivity index (χ2n) is 14.2. The van der Waals surface area contributed by atoms with Crippen LogP contribution in [0, 0.1) is 0 Å². The van der Waals surface area contributed by atoms with Gasteiger partial charge in [0.1, 0.15) is 23.0 Å². The number of rotatable bonds is 8. The minimum atomic E-state index is 0.787. The van der Waals surface area contributed by atoms with Crippen LogP contribution < -0.4 is 29.6 Å². The molecule has 0 N–H and O–H groups in total. The summed E-state index contributed by atoms with van der Waals surface area (Å²) < 4.78 is 26.7. The van der Waals surface area contributed by atoms with E-state index in [1.807, 2.05) is 48.5 Å². The van der Waals surface area contributed by atoms with Gasteiger partial charge in [0.05, 0.1) is 67.6 Å². The zero-order valence-corrected chi connectivity index (χ0v) is 33.3. The number of allylic oxidation sites excluding steroid dienone is 4. The molecule has 0 amide bonds. The van der Waals surface area contributed by atoms with Crippen LogP contribution in [0.5, 0.6) is 23.0 Å². The van der Waals surface area contributed by atoms with E-state index in [2.05, 4.69) is 120 Å². The van der Waals surface area contributed by atoms with Gasteiger partial charge in [-0.25, -0.2) is 9.98 Å². The molecule has 3 aliphatic heterocycles. The monoisotopic (exact) mass is 762 g/mol. The third kappa shape index (κ3) is 6.38. The summed E-state index contributed by atoms with van der Waals surface area (Å²) in [4.78, 5) is 10.9. The van der Waals surface area contributed by atoms with E-state index in [1.165, 1.54) is 0 Å². The Labute approximate surface area is 337 Å². The van der Waals surface area contributed by atoms with Gasteiger partial charge >= 0.3 is 0 Å². The molecule has 3 aliphatic rings. The third-order valence-electron chi connectivity index (χ3n) is 11.0. The van der Waals surface area contributed by atoms with Crippen LogP contribution in [0.4, 0.5) is 0 Å². The van der Waals surface area contributed by atoms with Crippen molar-refractivity contribution >= 4 is 33.7 Å². The number of methoxy groups -OCH3 is 4. The minimum absolute atomic E-state index is 0.787. The van der Waals surface area contributed by atoms with Crippen LogP contribution in [0.15, 0.2) is 167 Å². The number of aryl methyl sites for hydroxylation is 1. The van der Waals surface area contributed by atoms with Gasteiger partial charge in [0.25, 0.3) is 0 Å². The van der Waals surface area contributed by atoms with Crippen molar-refractivity contribution in [1.82, 2.24) is 9.13 Å². The van der Waals surface area contributed by atoms with Gasteiger partial charge in [-0.1, -0.05) is 48.5 Å². The molecule has 0 spiro atoms. The van der Waals surface area contributed by atoms with E-state index in [1.54, 1.807) is 28.4 Å². The Morgan fingerprint density at radius 1 is 0.397 bits per heavy atom. The highest BCUT2D eigenvalue weighted by molar-refractivity contribution is 6.31. The van der Waals surface area contributed by atoms with Crippen molar-refractivity contribution in [3.05, 3.63) is 201 Å². The fourth-order valence-corrected chi connectivity index (χ4v) is 8.02. The molecule has 8 bridgehead atoms. The lowest BCUT2D eigenvalue weighted by Crippen LogP contribution is -2.30. The molecule has 0 saturated heterocycles. The smallest absolute Gasteiger partial charge is 0.118 e. The molecular weight excluding hydrogens is 721 g/mol. The number of nitrogens with zero attached hydrogens (tertiary/aromatic N) is 4. The largest absolute Gasteiger partial charge is 0.497 e. The summed E-state index contributed by atoms with van der Waals surface area (Å²) >= 11 is 0. The predicted molar refractivity (Wildman–Crippen MR) is 232 cm³/mol. The van der Waals surface area contributed by atoms with E-state index in [-0.39, 0.29) is 0 Å². The average molecular weight is 763 g/mol. The summed E-state index contributed by atoms with van der Waals surface area (Å²) in [5.41, 5.74) is 13.5. The van der Waals surface area contributed by atoms with Gasteiger partial charge in [-0.2, -0.15) is 0 Å². The van der Waals surface area contributed by atoms with Crippen molar-refractivity contribution in [3.63, 3.8) is 0 Å². The van der Waals surface area contributed by atoms with Gasteiger partial charge in [-0.15, -0.1) is 0 Å². The van der Waals surface area contributed by atoms with E-state index in [4.69, 9.17) is 28.9 Å². The molecule has 8 nitrogen and oxygen atoms in total. The highest BCUT2D eigenvalue weighted by Gasteiger charge is 2.25. The van der Waals surface area contributed by atoms with Gasteiger partial charge < -0.3 is 28.1 Å². The van der Waals surface area contributed by atoms with Crippen molar-refractivity contribution in [2.24, 2.45) is 24.1 Å². The van der Waals surface area contributed by atoms with Crippen LogP contribution in [0.3, 0.4) is 0 Å². The Balaban J connectivity index is 1.42.